The summed E-state index contributed by atoms with van der Waals surface area (Å²) in [4.78, 5) is 18.5. The molecule has 0 saturated carbocycles. The molecule has 2 aliphatic rings. The highest BCUT2D eigenvalue weighted by Gasteiger charge is 2.37. The molecule has 4 rings (SSSR count). The number of benzene rings is 1. The second-order valence-electron chi connectivity index (χ2n) is 9.70. The zero-order chi connectivity index (χ0) is 24.1. The maximum absolute atomic E-state index is 12.9. The van der Waals surface area contributed by atoms with E-state index in [1.54, 1.807) is 12.4 Å². The standard InChI is InChI=1S/C27H37N3O4/c1-18-15-24(34-17-21-5-4-8-28-16-21)20(3)25-22(18)6-7-23(26(25)31)19(2)27(32)29-9-10-30-11-13-33-14-12-30/h4-5,8,15-16,19,23,26,31H,6-7,9-14,17H2,1-3H3,(H,29,32)/p+1/t19-,23+,26+/m0/s1. The number of aryl methyl sites for hydroxylation is 1. The van der Waals surface area contributed by atoms with E-state index in [-0.39, 0.29) is 17.7 Å². The Kier molecular flexibility index (Phi) is 8.19. The molecule has 1 saturated heterocycles. The van der Waals surface area contributed by atoms with Crippen LogP contribution in [0, 0.1) is 25.7 Å². The molecule has 2 aromatic rings. The fourth-order valence-electron chi connectivity index (χ4n) is 5.32. The van der Waals surface area contributed by atoms with Crippen LogP contribution in [0.15, 0.2) is 30.6 Å². The van der Waals surface area contributed by atoms with Crippen LogP contribution in [0.1, 0.15) is 47.3 Å². The minimum atomic E-state index is -0.685. The van der Waals surface area contributed by atoms with Gasteiger partial charge in [0.1, 0.15) is 25.4 Å². The van der Waals surface area contributed by atoms with Crippen LogP contribution in [0.3, 0.4) is 0 Å². The second kappa shape index (κ2) is 11.3. The Bertz CT molecular complexity index is 976. The lowest BCUT2D eigenvalue weighted by Gasteiger charge is -2.36. The highest BCUT2D eigenvalue weighted by Crippen LogP contribution is 2.44. The molecule has 3 atom stereocenters. The van der Waals surface area contributed by atoms with E-state index >= 15 is 0 Å². The predicted molar refractivity (Wildman–Crippen MR) is 130 cm³/mol. The summed E-state index contributed by atoms with van der Waals surface area (Å²) in [6, 6.07) is 5.95. The van der Waals surface area contributed by atoms with Crippen molar-refractivity contribution in [3.63, 3.8) is 0 Å². The van der Waals surface area contributed by atoms with E-state index in [1.165, 1.54) is 10.5 Å². The average molecular weight is 469 g/mol. The Morgan fingerprint density at radius 2 is 2.15 bits per heavy atom. The Morgan fingerprint density at radius 1 is 1.35 bits per heavy atom. The van der Waals surface area contributed by atoms with E-state index in [2.05, 4.69) is 23.3 Å². The molecular formula is C27H38N3O4+. The third kappa shape index (κ3) is 5.59. The number of aromatic nitrogens is 1. The lowest BCUT2D eigenvalue weighted by molar-refractivity contribution is -0.906. The average Bonchev–Trinajstić information content (AvgIpc) is 2.86. The van der Waals surface area contributed by atoms with Crippen molar-refractivity contribution >= 4 is 5.91 Å². The number of ether oxygens (including phenoxy) is 2. The first kappa shape index (κ1) is 24.6. The van der Waals surface area contributed by atoms with Gasteiger partial charge >= 0.3 is 0 Å². The van der Waals surface area contributed by atoms with Gasteiger partial charge in [-0.25, -0.2) is 0 Å². The number of nitrogens with one attached hydrogen (secondary N) is 2. The number of hydrogen-bond acceptors (Lipinski definition) is 5. The third-order valence-electron chi connectivity index (χ3n) is 7.50. The Labute approximate surface area is 202 Å². The number of morpholine rings is 1. The summed E-state index contributed by atoms with van der Waals surface area (Å²) in [6.45, 7) is 11.6. The molecular weight excluding hydrogens is 430 g/mol. The lowest BCUT2D eigenvalue weighted by atomic mass is 9.72. The van der Waals surface area contributed by atoms with E-state index < -0.39 is 6.10 Å². The molecule has 1 aromatic carbocycles. The summed E-state index contributed by atoms with van der Waals surface area (Å²) in [6.07, 6.45) is 4.52. The minimum Gasteiger partial charge on any atom is -0.489 e. The van der Waals surface area contributed by atoms with Crippen molar-refractivity contribution in [3.8, 4) is 5.75 Å². The molecule has 1 amide bonds. The van der Waals surface area contributed by atoms with Crippen LogP contribution in [0.2, 0.25) is 0 Å². The van der Waals surface area contributed by atoms with Gasteiger partial charge in [-0.05, 0) is 61.1 Å². The Balaban J connectivity index is 1.42. The number of aliphatic hydroxyl groups excluding tert-OH is 1. The van der Waals surface area contributed by atoms with Crippen LogP contribution in [-0.2, 0) is 22.6 Å². The summed E-state index contributed by atoms with van der Waals surface area (Å²) < 4.78 is 11.5. The molecule has 2 heterocycles. The van der Waals surface area contributed by atoms with Crippen LogP contribution in [0.25, 0.3) is 0 Å². The van der Waals surface area contributed by atoms with Gasteiger partial charge in [0.2, 0.25) is 5.91 Å². The zero-order valence-corrected chi connectivity index (χ0v) is 20.6. The van der Waals surface area contributed by atoms with E-state index in [0.717, 1.165) is 73.7 Å². The predicted octanol–water partition coefficient (Wildman–Crippen LogP) is 1.54. The van der Waals surface area contributed by atoms with E-state index in [1.807, 2.05) is 26.0 Å². The summed E-state index contributed by atoms with van der Waals surface area (Å²) in [7, 11) is 0. The SMILES string of the molecule is Cc1cc(OCc2cccnc2)c(C)c2c1CC[C@H]([C@H](C)C(=O)NCC[NH+]1CCOCC1)[C@H]2O. The van der Waals surface area contributed by atoms with Crippen molar-refractivity contribution in [1.29, 1.82) is 0 Å². The molecule has 0 unspecified atom stereocenters. The maximum atomic E-state index is 12.9. The molecule has 0 radical (unpaired) electrons. The Morgan fingerprint density at radius 3 is 2.88 bits per heavy atom. The summed E-state index contributed by atoms with van der Waals surface area (Å²) in [5.74, 6) is 0.432. The number of carbonyl (C=O) groups excluding carboxylic acids is 1. The lowest BCUT2D eigenvalue weighted by Crippen LogP contribution is -3.14. The normalized spacial score (nSPS) is 21.5. The molecule has 3 N–H and O–H groups in total. The van der Waals surface area contributed by atoms with Gasteiger partial charge in [-0.15, -0.1) is 0 Å². The molecule has 7 nitrogen and oxygen atoms in total. The van der Waals surface area contributed by atoms with Crippen molar-refractivity contribution in [2.75, 3.05) is 39.4 Å². The van der Waals surface area contributed by atoms with Crippen LogP contribution in [-0.4, -0.2) is 55.4 Å². The molecule has 7 heteroatoms. The van der Waals surface area contributed by atoms with Gasteiger partial charge in [-0.3, -0.25) is 9.78 Å². The molecule has 34 heavy (non-hydrogen) atoms. The summed E-state index contributed by atoms with van der Waals surface area (Å²) >= 11 is 0. The van der Waals surface area contributed by atoms with Gasteiger partial charge in [0, 0.05) is 29.8 Å². The molecule has 184 valence electrons. The Hall–Kier alpha value is -2.48. The van der Waals surface area contributed by atoms with Crippen molar-refractivity contribution < 1.29 is 24.3 Å². The molecule has 1 fully saturated rings. The highest BCUT2D eigenvalue weighted by molar-refractivity contribution is 5.78. The van der Waals surface area contributed by atoms with E-state index in [4.69, 9.17) is 9.47 Å². The number of aliphatic hydroxyl groups is 1. The minimum absolute atomic E-state index is 0.0264. The van der Waals surface area contributed by atoms with Crippen LogP contribution in [0.4, 0.5) is 0 Å². The molecule has 1 aliphatic heterocycles. The number of quaternary nitrogens is 1. The van der Waals surface area contributed by atoms with E-state index in [9.17, 15) is 9.90 Å². The van der Waals surface area contributed by atoms with Gasteiger partial charge in [-0.2, -0.15) is 0 Å². The quantitative estimate of drug-likeness (QED) is 0.547. The number of carbonyl (C=O) groups is 1. The number of nitrogens with zero attached hydrogens (tertiary/aromatic N) is 1. The summed E-state index contributed by atoms with van der Waals surface area (Å²) in [5.41, 5.74) is 5.23. The van der Waals surface area contributed by atoms with Crippen molar-refractivity contribution in [3.05, 3.63) is 58.4 Å². The third-order valence-corrected chi connectivity index (χ3v) is 7.50. The molecule has 0 spiro atoms. The van der Waals surface area contributed by atoms with Gasteiger partial charge in [0.05, 0.1) is 32.4 Å². The van der Waals surface area contributed by atoms with Crippen LogP contribution < -0.4 is 15.0 Å². The zero-order valence-electron chi connectivity index (χ0n) is 20.6. The fraction of sp³-hybridized carbons (Fsp3) is 0.556. The number of fused-ring (bicyclic) bond motifs is 1. The number of rotatable bonds is 8. The number of hydrogen-bond donors (Lipinski definition) is 3. The maximum Gasteiger partial charge on any atom is 0.223 e. The van der Waals surface area contributed by atoms with Gasteiger partial charge in [0.15, 0.2) is 0 Å². The van der Waals surface area contributed by atoms with Crippen LogP contribution in [0.5, 0.6) is 5.75 Å². The summed E-state index contributed by atoms with van der Waals surface area (Å²) in [5, 5.41) is 14.5. The van der Waals surface area contributed by atoms with E-state index in [0.29, 0.717) is 13.2 Å². The monoisotopic (exact) mass is 468 g/mol. The highest BCUT2D eigenvalue weighted by atomic mass is 16.5. The first-order valence-electron chi connectivity index (χ1n) is 12.5. The van der Waals surface area contributed by atoms with Crippen molar-refractivity contribution in [2.45, 2.75) is 46.3 Å². The first-order valence-corrected chi connectivity index (χ1v) is 12.5. The number of pyridine rings is 1. The van der Waals surface area contributed by atoms with Gasteiger partial charge in [-0.1, -0.05) is 13.0 Å². The topological polar surface area (TPSA) is 85.1 Å². The first-order chi connectivity index (χ1) is 16.5. The fourth-order valence-corrected chi connectivity index (χ4v) is 5.32. The van der Waals surface area contributed by atoms with Crippen molar-refractivity contribution in [1.82, 2.24) is 10.3 Å². The van der Waals surface area contributed by atoms with Crippen LogP contribution >= 0.6 is 0 Å². The van der Waals surface area contributed by atoms with Gasteiger partial charge in [0.25, 0.3) is 0 Å². The molecule has 0 bridgehead atoms. The van der Waals surface area contributed by atoms with Crippen molar-refractivity contribution in [2.24, 2.45) is 11.8 Å². The largest absolute Gasteiger partial charge is 0.489 e. The molecule has 1 aromatic heterocycles. The molecule has 1 aliphatic carbocycles. The second-order valence-corrected chi connectivity index (χ2v) is 9.70. The van der Waals surface area contributed by atoms with Gasteiger partial charge < -0.3 is 24.8 Å². The number of amides is 1. The smallest absolute Gasteiger partial charge is 0.223 e.